The summed E-state index contributed by atoms with van der Waals surface area (Å²) in [6, 6.07) is 0. The SMILES string of the molecule is CC(=O)OC[C@H]1O[C@H](OCCCCCCN)C[C@@H](OC(C)=O)[C@@H]1OC(C)=O. The van der Waals surface area contributed by atoms with E-state index in [1.54, 1.807) is 0 Å². The van der Waals surface area contributed by atoms with Gasteiger partial charge in [0.1, 0.15) is 18.8 Å². The molecule has 0 aromatic carbocycles. The average Bonchev–Trinajstić information content (AvgIpc) is 2.57. The second kappa shape index (κ2) is 12.6. The smallest absolute Gasteiger partial charge is 0.303 e. The van der Waals surface area contributed by atoms with Gasteiger partial charge in [-0.25, -0.2) is 0 Å². The molecule has 1 aliphatic rings. The zero-order chi connectivity index (χ0) is 20.2. The summed E-state index contributed by atoms with van der Waals surface area (Å²) in [6.45, 7) is 4.79. The van der Waals surface area contributed by atoms with Crippen LogP contribution >= 0.6 is 0 Å². The van der Waals surface area contributed by atoms with Crippen molar-refractivity contribution in [2.75, 3.05) is 19.8 Å². The number of ether oxygens (including phenoxy) is 5. The second-order valence-corrected chi connectivity index (χ2v) is 6.44. The number of rotatable bonds is 11. The maximum absolute atomic E-state index is 11.4. The monoisotopic (exact) mass is 389 g/mol. The highest BCUT2D eigenvalue weighted by molar-refractivity contribution is 5.67. The molecular weight excluding hydrogens is 358 g/mol. The molecule has 9 heteroatoms. The Morgan fingerprint density at radius 3 is 2.22 bits per heavy atom. The molecule has 0 bridgehead atoms. The number of carbonyl (C=O) groups is 3. The van der Waals surface area contributed by atoms with Crippen molar-refractivity contribution in [2.45, 2.75) is 77.5 Å². The first-order chi connectivity index (χ1) is 12.8. The predicted octanol–water partition coefficient (Wildman–Crippen LogP) is 1.06. The molecule has 1 heterocycles. The third-order valence-corrected chi connectivity index (χ3v) is 3.96. The average molecular weight is 389 g/mol. The van der Waals surface area contributed by atoms with E-state index in [4.69, 9.17) is 29.4 Å². The third-order valence-electron chi connectivity index (χ3n) is 3.96. The number of unbranched alkanes of at least 4 members (excludes halogenated alkanes) is 3. The van der Waals surface area contributed by atoms with Gasteiger partial charge in [-0.2, -0.15) is 0 Å². The van der Waals surface area contributed by atoms with E-state index in [1.165, 1.54) is 20.8 Å². The van der Waals surface area contributed by atoms with Crippen LogP contribution in [-0.4, -0.2) is 62.3 Å². The van der Waals surface area contributed by atoms with Crippen LogP contribution in [0.15, 0.2) is 0 Å². The minimum atomic E-state index is -0.879. The normalized spacial score (nSPS) is 24.9. The number of hydrogen-bond donors (Lipinski definition) is 1. The fourth-order valence-corrected chi connectivity index (χ4v) is 2.82. The summed E-state index contributed by atoms with van der Waals surface area (Å²) < 4.78 is 27.1. The van der Waals surface area contributed by atoms with Gasteiger partial charge in [-0.1, -0.05) is 12.8 Å². The maximum Gasteiger partial charge on any atom is 0.303 e. The van der Waals surface area contributed by atoms with E-state index in [2.05, 4.69) is 0 Å². The lowest BCUT2D eigenvalue weighted by Crippen LogP contribution is -2.54. The first-order valence-corrected chi connectivity index (χ1v) is 9.28. The Hall–Kier alpha value is -1.71. The molecule has 4 atom stereocenters. The van der Waals surface area contributed by atoms with Gasteiger partial charge >= 0.3 is 17.9 Å². The van der Waals surface area contributed by atoms with Gasteiger partial charge in [-0.05, 0) is 19.4 Å². The van der Waals surface area contributed by atoms with Crippen LogP contribution in [0.4, 0.5) is 0 Å². The second-order valence-electron chi connectivity index (χ2n) is 6.44. The van der Waals surface area contributed by atoms with Crippen molar-refractivity contribution in [1.82, 2.24) is 0 Å². The molecule has 27 heavy (non-hydrogen) atoms. The van der Waals surface area contributed by atoms with Gasteiger partial charge in [-0.3, -0.25) is 14.4 Å². The summed E-state index contributed by atoms with van der Waals surface area (Å²) in [4.78, 5) is 34.0. The first-order valence-electron chi connectivity index (χ1n) is 9.28. The molecule has 1 aliphatic heterocycles. The van der Waals surface area contributed by atoms with Crippen molar-refractivity contribution in [2.24, 2.45) is 5.73 Å². The van der Waals surface area contributed by atoms with Crippen LogP contribution in [0.3, 0.4) is 0 Å². The molecule has 2 N–H and O–H groups in total. The zero-order valence-electron chi connectivity index (χ0n) is 16.3. The van der Waals surface area contributed by atoms with Crippen LogP contribution in [-0.2, 0) is 38.1 Å². The van der Waals surface area contributed by atoms with Crippen LogP contribution in [0, 0.1) is 0 Å². The third kappa shape index (κ3) is 9.69. The Morgan fingerprint density at radius 1 is 0.963 bits per heavy atom. The summed E-state index contributed by atoms with van der Waals surface area (Å²) in [6.07, 6.45) is 0.988. The minimum absolute atomic E-state index is 0.137. The molecule has 0 radical (unpaired) electrons. The molecule has 1 rings (SSSR count). The van der Waals surface area contributed by atoms with Crippen molar-refractivity contribution in [3.05, 3.63) is 0 Å². The minimum Gasteiger partial charge on any atom is -0.463 e. The lowest BCUT2D eigenvalue weighted by atomic mass is 10.0. The van der Waals surface area contributed by atoms with Crippen LogP contribution in [0.25, 0.3) is 0 Å². The molecule has 1 fully saturated rings. The van der Waals surface area contributed by atoms with Crippen molar-refractivity contribution in [1.29, 1.82) is 0 Å². The van der Waals surface area contributed by atoms with E-state index in [0.29, 0.717) is 13.2 Å². The number of nitrogens with two attached hydrogens (primary N) is 1. The fourth-order valence-electron chi connectivity index (χ4n) is 2.82. The maximum atomic E-state index is 11.4. The van der Waals surface area contributed by atoms with Crippen LogP contribution in [0.2, 0.25) is 0 Å². The summed E-state index contributed by atoms with van der Waals surface area (Å²) in [7, 11) is 0. The summed E-state index contributed by atoms with van der Waals surface area (Å²) in [5.41, 5.74) is 5.46. The molecule has 1 saturated heterocycles. The highest BCUT2D eigenvalue weighted by Gasteiger charge is 2.44. The van der Waals surface area contributed by atoms with E-state index in [-0.39, 0.29) is 13.0 Å². The Bertz CT molecular complexity index is 484. The Morgan fingerprint density at radius 2 is 1.63 bits per heavy atom. The van der Waals surface area contributed by atoms with E-state index in [9.17, 15) is 14.4 Å². The Labute approximate surface area is 159 Å². The van der Waals surface area contributed by atoms with Gasteiger partial charge in [0.2, 0.25) is 0 Å². The molecule has 9 nitrogen and oxygen atoms in total. The van der Waals surface area contributed by atoms with Gasteiger partial charge in [-0.15, -0.1) is 0 Å². The van der Waals surface area contributed by atoms with Gasteiger partial charge in [0.15, 0.2) is 12.4 Å². The van der Waals surface area contributed by atoms with Crippen molar-refractivity contribution in [3.63, 3.8) is 0 Å². The summed E-state index contributed by atoms with van der Waals surface area (Å²) in [5, 5.41) is 0. The lowest BCUT2D eigenvalue weighted by Gasteiger charge is -2.39. The van der Waals surface area contributed by atoms with Crippen LogP contribution in [0.1, 0.15) is 52.9 Å². The molecule has 0 amide bonds. The Balaban J connectivity index is 2.70. The largest absolute Gasteiger partial charge is 0.463 e. The highest BCUT2D eigenvalue weighted by Crippen LogP contribution is 2.27. The quantitative estimate of drug-likeness (QED) is 0.314. The number of carbonyl (C=O) groups excluding carboxylic acids is 3. The Kier molecular flexibility index (Phi) is 10.9. The highest BCUT2D eigenvalue weighted by atomic mass is 16.7. The van der Waals surface area contributed by atoms with Crippen molar-refractivity contribution in [3.8, 4) is 0 Å². The van der Waals surface area contributed by atoms with E-state index < -0.39 is 42.5 Å². The number of hydrogen-bond acceptors (Lipinski definition) is 9. The molecule has 0 spiro atoms. The predicted molar refractivity (Wildman–Crippen MR) is 94.5 cm³/mol. The van der Waals surface area contributed by atoms with E-state index >= 15 is 0 Å². The fraction of sp³-hybridized carbons (Fsp3) is 0.833. The van der Waals surface area contributed by atoms with E-state index in [1.807, 2.05) is 0 Å². The molecule has 156 valence electrons. The standard InChI is InChI=1S/C18H31NO8/c1-12(20)24-11-16-18(26-14(3)22)15(25-13(2)21)10-17(27-16)23-9-7-5-4-6-8-19/h15-18H,4-11,19H2,1-3H3/t15-,16-,17+,18+/m1/s1. The molecule has 0 saturated carbocycles. The molecule has 0 aromatic heterocycles. The molecule has 0 aromatic rings. The zero-order valence-corrected chi connectivity index (χ0v) is 16.3. The summed E-state index contributed by atoms with van der Waals surface area (Å²) >= 11 is 0. The first kappa shape index (κ1) is 23.3. The van der Waals surface area contributed by atoms with Crippen molar-refractivity contribution >= 4 is 17.9 Å². The summed E-state index contributed by atoms with van der Waals surface area (Å²) in [5.74, 6) is -1.55. The molecule has 0 unspecified atom stereocenters. The topological polar surface area (TPSA) is 123 Å². The number of esters is 3. The molecule has 0 aliphatic carbocycles. The van der Waals surface area contributed by atoms with Gasteiger partial charge in [0, 0.05) is 33.8 Å². The van der Waals surface area contributed by atoms with Crippen LogP contribution in [0.5, 0.6) is 0 Å². The molecular formula is C18H31NO8. The van der Waals surface area contributed by atoms with Gasteiger partial charge < -0.3 is 29.4 Å². The van der Waals surface area contributed by atoms with Crippen molar-refractivity contribution < 1.29 is 38.1 Å². The van der Waals surface area contributed by atoms with Gasteiger partial charge in [0.25, 0.3) is 0 Å². The van der Waals surface area contributed by atoms with Crippen LogP contribution < -0.4 is 5.73 Å². The van der Waals surface area contributed by atoms with E-state index in [0.717, 1.165) is 25.7 Å². The lowest BCUT2D eigenvalue weighted by molar-refractivity contribution is -0.266. The van der Waals surface area contributed by atoms with Gasteiger partial charge in [0.05, 0.1) is 0 Å².